The molecule has 1 amide bonds. The van der Waals surface area contributed by atoms with E-state index in [2.05, 4.69) is 46.2 Å². The molecule has 2 aromatic rings. The summed E-state index contributed by atoms with van der Waals surface area (Å²) < 4.78 is 11.9. The lowest BCUT2D eigenvalue weighted by atomic mass is 9.94. The van der Waals surface area contributed by atoms with Gasteiger partial charge in [0.05, 0.1) is 17.7 Å². The van der Waals surface area contributed by atoms with Crippen molar-refractivity contribution < 1.29 is 14.3 Å². The lowest BCUT2D eigenvalue weighted by Crippen LogP contribution is -2.54. The SMILES string of the molecule is N#Cc1ccc(C(=O)N2c3ccccc3CCC2CN2CCN(C3=COC(C4=CC=CCC4)=CO3)CC2)cc1. The Morgan fingerprint density at radius 2 is 1.79 bits per heavy atom. The van der Waals surface area contributed by atoms with Crippen molar-refractivity contribution in [3.8, 4) is 6.07 Å². The van der Waals surface area contributed by atoms with Gasteiger partial charge in [0.2, 0.25) is 5.88 Å². The largest absolute Gasteiger partial charge is 0.456 e. The maximum atomic E-state index is 13.8. The maximum absolute atomic E-state index is 13.8. The number of piperazine rings is 1. The monoisotopic (exact) mass is 520 g/mol. The zero-order chi connectivity index (χ0) is 26.6. The Hall–Kier alpha value is -4.28. The highest BCUT2D eigenvalue weighted by Gasteiger charge is 2.34. The molecule has 0 radical (unpaired) electrons. The molecule has 0 aromatic heterocycles. The average Bonchev–Trinajstić information content (AvgIpc) is 3.01. The molecular formula is C32H32N4O3. The van der Waals surface area contributed by atoms with Crippen LogP contribution in [0.1, 0.15) is 40.7 Å². The van der Waals surface area contributed by atoms with Gasteiger partial charge in [-0.15, -0.1) is 0 Å². The van der Waals surface area contributed by atoms with Crippen molar-refractivity contribution in [2.24, 2.45) is 0 Å². The zero-order valence-corrected chi connectivity index (χ0v) is 22.0. The predicted octanol–water partition coefficient (Wildman–Crippen LogP) is 5.10. The van der Waals surface area contributed by atoms with E-state index in [1.807, 2.05) is 17.0 Å². The second-order valence-corrected chi connectivity index (χ2v) is 10.3. The third-order valence-corrected chi connectivity index (χ3v) is 7.90. The van der Waals surface area contributed by atoms with Crippen LogP contribution in [0.3, 0.4) is 0 Å². The smallest absolute Gasteiger partial charge is 0.258 e. The van der Waals surface area contributed by atoms with Crippen LogP contribution in [0.2, 0.25) is 0 Å². The van der Waals surface area contributed by atoms with Gasteiger partial charge in [0.25, 0.3) is 5.91 Å². The molecule has 1 aliphatic carbocycles. The summed E-state index contributed by atoms with van der Waals surface area (Å²) in [7, 11) is 0. The second-order valence-electron chi connectivity index (χ2n) is 10.3. The van der Waals surface area contributed by atoms with Crippen LogP contribution >= 0.6 is 0 Å². The van der Waals surface area contributed by atoms with Gasteiger partial charge in [-0.25, -0.2) is 0 Å². The van der Waals surface area contributed by atoms with Crippen molar-refractivity contribution in [1.29, 1.82) is 5.26 Å². The van der Waals surface area contributed by atoms with Crippen LogP contribution in [0.4, 0.5) is 5.69 Å². The number of amides is 1. The number of ether oxygens (including phenoxy) is 2. The third-order valence-electron chi connectivity index (χ3n) is 7.90. The van der Waals surface area contributed by atoms with E-state index in [0.29, 0.717) is 11.1 Å². The van der Waals surface area contributed by atoms with Gasteiger partial charge >= 0.3 is 0 Å². The molecule has 1 atom stereocenters. The van der Waals surface area contributed by atoms with Crippen LogP contribution in [0.15, 0.2) is 96.5 Å². The van der Waals surface area contributed by atoms with E-state index in [-0.39, 0.29) is 11.9 Å². The van der Waals surface area contributed by atoms with Crippen LogP contribution in [0.5, 0.6) is 0 Å². The normalized spacial score (nSPS) is 21.0. The first-order valence-electron chi connectivity index (χ1n) is 13.7. The van der Waals surface area contributed by atoms with Crippen molar-refractivity contribution in [2.75, 3.05) is 37.6 Å². The number of nitrogens with zero attached hydrogens (tertiary/aromatic N) is 4. The minimum Gasteiger partial charge on any atom is -0.456 e. The third kappa shape index (κ3) is 5.34. The Balaban J connectivity index is 1.10. The van der Waals surface area contributed by atoms with Crippen LogP contribution in [0, 0.1) is 11.3 Å². The Bertz CT molecular complexity index is 1390. The maximum Gasteiger partial charge on any atom is 0.258 e. The predicted molar refractivity (Wildman–Crippen MR) is 149 cm³/mol. The van der Waals surface area contributed by atoms with Gasteiger partial charge in [-0.3, -0.25) is 9.69 Å². The molecule has 1 saturated heterocycles. The molecule has 0 saturated carbocycles. The topological polar surface area (TPSA) is 69.0 Å². The van der Waals surface area contributed by atoms with Gasteiger partial charge in [-0.05, 0) is 67.2 Å². The Labute approximate surface area is 229 Å². The molecule has 3 heterocycles. The van der Waals surface area contributed by atoms with Gasteiger partial charge in [-0.1, -0.05) is 36.4 Å². The van der Waals surface area contributed by atoms with Gasteiger partial charge in [0, 0.05) is 44.0 Å². The zero-order valence-electron chi connectivity index (χ0n) is 22.0. The quantitative estimate of drug-likeness (QED) is 0.546. The summed E-state index contributed by atoms with van der Waals surface area (Å²) in [5.41, 5.74) is 4.51. The highest BCUT2D eigenvalue weighted by molar-refractivity contribution is 6.07. The fourth-order valence-electron chi connectivity index (χ4n) is 5.72. The summed E-state index contributed by atoms with van der Waals surface area (Å²) in [6.07, 6.45) is 13.6. The van der Waals surface area contributed by atoms with E-state index in [9.17, 15) is 4.79 Å². The summed E-state index contributed by atoms with van der Waals surface area (Å²) in [5, 5.41) is 9.16. The van der Waals surface area contributed by atoms with Crippen LogP contribution in [0.25, 0.3) is 0 Å². The van der Waals surface area contributed by atoms with Crippen LogP contribution in [-0.2, 0) is 15.9 Å². The first-order valence-corrected chi connectivity index (χ1v) is 13.7. The van der Waals surface area contributed by atoms with Gasteiger partial charge in [0.15, 0.2) is 12.0 Å². The van der Waals surface area contributed by atoms with E-state index in [1.54, 1.807) is 36.8 Å². The highest BCUT2D eigenvalue weighted by Crippen LogP contribution is 2.33. The number of fused-ring (bicyclic) bond motifs is 1. The molecule has 198 valence electrons. The van der Waals surface area contributed by atoms with Crippen molar-refractivity contribution in [2.45, 2.75) is 31.7 Å². The second kappa shape index (κ2) is 11.2. The molecule has 39 heavy (non-hydrogen) atoms. The van der Waals surface area contributed by atoms with E-state index < -0.39 is 0 Å². The Morgan fingerprint density at radius 1 is 0.974 bits per heavy atom. The number of hydrogen-bond donors (Lipinski definition) is 0. The molecular weight excluding hydrogens is 488 g/mol. The summed E-state index contributed by atoms with van der Waals surface area (Å²) in [6.45, 7) is 4.23. The number of anilines is 1. The minimum atomic E-state index is -0.0145. The molecule has 3 aliphatic heterocycles. The number of nitriles is 1. The number of carbonyl (C=O) groups excluding carboxylic acids is 1. The van der Waals surface area contributed by atoms with E-state index in [0.717, 1.165) is 81.3 Å². The molecule has 7 nitrogen and oxygen atoms in total. The molecule has 0 bridgehead atoms. The van der Waals surface area contributed by atoms with Crippen molar-refractivity contribution >= 4 is 11.6 Å². The number of para-hydroxylation sites is 1. The van der Waals surface area contributed by atoms with Crippen LogP contribution in [-0.4, -0.2) is 54.5 Å². The molecule has 0 spiro atoms. The Morgan fingerprint density at radius 3 is 2.51 bits per heavy atom. The minimum absolute atomic E-state index is 0.0145. The molecule has 4 aliphatic rings. The number of carbonyl (C=O) groups is 1. The van der Waals surface area contributed by atoms with E-state index >= 15 is 0 Å². The first kappa shape index (κ1) is 25.0. The van der Waals surface area contributed by atoms with E-state index in [4.69, 9.17) is 14.7 Å². The van der Waals surface area contributed by atoms with E-state index in [1.165, 1.54) is 5.56 Å². The van der Waals surface area contributed by atoms with Gasteiger partial charge in [-0.2, -0.15) is 5.26 Å². The summed E-state index contributed by atoms with van der Waals surface area (Å²) >= 11 is 0. The molecule has 6 rings (SSSR count). The van der Waals surface area contributed by atoms with Gasteiger partial charge in [0.1, 0.15) is 6.26 Å². The van der Waals surface area contributed by atoms with Crippen LogP contribution < -0.4 is 4.90 Å². The molecule has 7 heteroatoms. The summed E-state index contributed by atoms with van der Waals surface area (Å²) in [6, 6.07) is 17.4. The first-order chi connectivity index (χ1) is 19.2. The van der Waals surface area contributed by atoms with Crippen molar-refractivity contribution in [1.82, 2.24) is 9.80 Å². The van der Waals surface area contributed by atoms with Crippen molar-refractivity contribution in [3.63, 3.8) is 0 Å². The lowest BCUT2D eigenvalue weighted by molar-refractivity contribution is 0.0791. The summed E-state index contributed by atoms with van der Waals surface area (Å²) in [5.74, 6) is 1.51. The number of benzene rings is 2. The number of rotatable bonds is 5. The fraction of sp³-hybridized carbons (Fsp3) is 0.312. The summed E-state index contributed by atoms with van der Waals surface area (Å²) in [4.78, 5) is 20.4. The fourth-order valence-corrected chi connectivity index (χ4v) is 5.72. The molecule has 1 fully saturated rings. The molecule has 0 N–H and O–H groups in total. The van der Waals surface area contributed by atoms with Gasteiger partial charge < -0.3 is 19.3 Å². The molecule has 2 aromatic carbocycles. The average molecular weight is 521 g/mol. The number of allylic oxidation sites excluding steroid dienone is 4. The standard InChI is InChI=1S/C32H32N4O3/c33-20-24-10-12-27(13-11-24)32(37)36-28(15-14-25-6-4-5-9-29(25)36)21-34-16-18-35(19-17-34)31-23-38-30(22-39-31)26-7-2-1-3-8-26/h1-2,4-7,9-13,22-23,28H,3,8,14-19,21H2. The molecule has 1 unspecified atom stereocenters. The number of aryl methyl sites for hydroxylation is 1. The highest BCUT2D eigenvalue weighted by atomic mass is 16.6. The van der Waals surface area contributed by atoms with Crippen molar-refractivity contribution in [3.05, 3.63) is 113 Å². The number of hydrogen-bond acceptors (Lipinski definition) is 6. The Kier molecular flexibility index (Phi) is 7.20. The lowest BCUT2D eigenvalue weighted by Gasteiger charge is -2.42.